The van der Waals surface area contributed by atoms with Gasteiger partial charge in [0.15, 0.2) is 0 Å². The number of methoxy groups -OCH3 is 1. The van der Waals surface area contributed by atoms with Gasteiger partial charge >= 0.3 is 0 Å². The second-order valence-electron chi connectivity index (χ2n) is 6.57. The number of piperazine rings is 1. The molecule has 2 amide bonds. The number of nitrogens with zero attached hydrogens (tertiary/aromatic N) is 1. The Balaban J connectivity index is 0.00000280. The highest BCUT2D eigenvalue weighted by Crippen LogP contribution is 2.31. The van der Waals surface area contributed by atoms with Gasteiger partial charge in [-0.25, -0.2) is 0 Å². The number of amides is 2. The van der Waals surface area contributed by atoms with Gasteiger partial charge in [0.25, 0.3) is 5.91 Å². The third-order valence-corrected chi connectivity index (χ3v) is 4.74. The summed E-state index contributed by atoms with van der Waals surface area (Å²) >= 11 is 0. The molecule has 0 aromatic heterocycles. The fourth-order valence-corrected chi connectivity index (χ4v) is 3.32. The van der Waals surface area contributed by atoms with Gasteiger partial charge in [-0.2, -0.15) is 0 Å². The lowest BCUT2D eigenvalue weighted by atomic mass is 10.0. The van der Waals surface area contributed by atoms with Crippen LogP contribution in [-0.2, 0) is 11.3 Å². The number of ether oxygens (including phenoxy) is 1. The fraction of sp³-hybridized carbons (Fsp3) is 0.333. The van der Waals surface area contributed by atoms with Crippen LogP contribution in [0.5, 0.6) is 5.75 Å². The highest BCUT2D eigenvalue weighted by atomic mass is 35.5. The molecule has 6 nitrogen and oxygen atoms in total. The number of rotatable bonds is 5. The number of nitrogens with one attached hydrogen (secondary N) is 2. The summed E-state index contributed by atoms with van der Waals surface area (Å²) in [7, 11) is 1.65. The maximum atomic E-state index is 13.1. The van der Waals surface area contributed by atoms with Gasteiger partial charge < -0.3 is 20.3 Å². The van der Waals surface area contributed by atoms with Gasteiger partial charge in [0, 0.05) is 44.2 Å². The van der Waals surface area contributed by atoms with Crippen LogP contribution in [-0.4, -0.2) is 43.5 Å². The van der Waals surface area contributed by atoms with Crippen molar-refractivity contribution >= 4 is 24.2 Å². The Labute approximate surface area is 171 Å². The SMILES string of the molecule is COc1ccccc1C1CNCCN1C(=O)c1ccc(CNC(C)=O)cc1.Cl. The summed E-state index contributed by atoms with van der Waals surface area (Å²) in [5.74, 6) is 0.712. The predicted octanol–water partition coefficient (Wildman–Crippen LogP) is 2.54. The zero-order chi connectivity index (χ0) is 19.2. The molecule has 0 bridgehead atoms. The molecule has 1 unspecified atom stereocenters. The lowest BCUT2D eigenvalue weighted by molar-refractivity contribution is -0.119. The Morgan fingerprint density at radius 1 is 1.18 bits per heavy atom. The van der Waals surface area contributed by atoms with Crippen LogP contribution in [0.25, 0.3) is 0 Å². The van der Waals surface area contributed by atoms with E-state index in [0.717, 1.165) is 23.4 Å². The summed E-state index contributed by atoms with van der Waals surface area (Å²) in [6.07, 6.45) is 0. The lowest BCUT2D eigenvalue weighted by Crippen LogP contribution is -2.48. The van der Waals surface area contributed by atoms with Crippen LogP contribution < -0.4 is 15.4 Å². The van der Waals surface area contributed by atoms with E-state index >= 15 is 0 Å². The molecular formula is C21H26ClN3O3. The standard InChI is InChI=1S/C21H25N3O3.ClH/c1-15(25)23-13-16-7-9-17(10-8-16)21(26)24-12-11-22-14-19(24)18-5-3-4-6-20(18)27-2;/h3-10,19,22H,11-14H2,1-2H3,(H,23,25);1H. The first-order valence-electron chi connectivity index (χ1n) is 9.08. The number of halogens is 1. The molecule has 150 valence electrons. The Bertz CT molecular complexity index is 811. The highest BCUT2D eigenvalue weighted by Gasteiger charge is 2.30. The van der Waals surface area contributed by atoms with Gasteiger partial charge in [0.05, 0.1) is 13.2 Å². The average Bonchev–Trinajstić information content (AvgIpc) is 2.72. The minimum absolute atomic E-state index is 0. The van der Waals surface area contributed by atoms with E-state index in [4.69, 9.17) is 4.74 Å². The van der Waals surface area contributed by atoms with Crippen molar-refractivity contribution in [2.75, 3.05) is 26.7 Å². The van der Waals surface area contributed by atoms with Gasteiger partial charge in [-0.05, 0) is 23.8 Å². The van der Waals surface area contributed by atoms with Gasteiger partial charge in [-0.3, -0.25) is 9.59 Å². The fourth-order valence-electron chi connectivity index (χ4n) is 3.32. The zero-order valence-electron chi connectivity index (χ0n) is 16.1. The molecule has 1 aliphatic rings. The van der Waals surface area contributed by atoms with Crippen LogP contribution >= 0.6 is 12.4 Å². The van der Waals surface area contributed by atoms with E-state index in [9.17, 15) is 9.59 Å². The van der Waals surface area contributed by atoms with Crippen LogP contribution in [0.4, 0.5) is 0 Å². The third kappa shape index (κ3) is 5.03. The summed E-state index contributed by atoms with van der Waals surface area (Å²) in [5, 5.41) is 6.13. The summed E-state index contributed by atoms with van der Waals surface area (Å²) < 4.78 is 5.49. The maximum Gasteiger partial charge on any atom is 0.254 e. The molecule has 7 heteroatoms. The molecule has 0 spiro atoms. The van der Waals surface area contributed by atoms with E-state index in [0.29, 0.717) is 25.2 Å². The molecule has 1 saturated heterocycles. The zero-order valence-corrected chi connectivity index (χ0v) is 16.9. The van der Waals surface area contributed by atoms with Gasteiger partial charge in [-0.15, -0.1) is 12.4 Å². The first-order valence-corrected chi connectivity index (χ1v) is 9.08. The average molecular weight is 404 g/mol. The highest BCUT2D eigenvalue weighted by molar-refractivity contribution is 5.94. The molecule has 3 rings (SSSR count). The van der Waals surface area contributed by atoms with Crippen molar-refractivity contribution in [2.24, 2.45) is 0 Å². The van der Waals surface area contributed by atoms with E-state index in [2.05, 4.69) is 10.6 Å². The second-order valence-corrected chi connectivity index (χ2v) is 6.57. The molecule has 0 aliphatic carbocycles. The first-order chi connectivity index (χ1) is 13.1. The van der Waals surface area contributed by atoms with Crippen LogP contribution in [0, 0.1) is 0 Å². The van der Waals surface area contributed by atoms with E-state index in [1.807, 2.05) is 53.4 Å². The molecule has 0 radical (unpaired) electrons. The van der Waals surface area contributed by atoms with Crippen molar-refractivity contribution in [3.8, 4) is 5.75 Å². The minimum atomic E-state index is -0.0820. The number of hydrogen-bond acceptors (Lipinski definition) is 4. The lowest BCUT2D eigenvalue weighted by Gasteiger charge is -2.37. The van der Waals surface area contributed by atoms with Crippen molar-refractivity contribution < 1.29 is 14.3 Å². The number of para-hydroxylation sites is 1. The normalized spacial score (nSPS) is 16.1. The van der Waals surface area contributed by atoms with Crippen molar-refractivity contribution in [3.63, 3.8) is 0 Å². The van der Waals surface area contributed by atoms with Crippen molar-refractivity contribution in [3.05, 3.63) is 65.2 Å². The molecule has 2 N–H and O–H groups in total. The van der Waals surface area contributed by atoms with Crippen molar-refractivity contribution in [1.82, 2.24) is 15.5 Å². The summed E-state index contributed by atoms with van der Waals surface area (Å²) in [4.78, 5) is 26.1. The Kier molecular flexibility index (Phi) is 7.84. The van der Waals surface area contributed by atoms with Crippen molar-refractivity contribution in [2.45, 2.75) is 19.5 Å². The molecule has 0 saturated carbocycles. The molecule has 28 heavy (non-hydrogen) atoms. The Morgan fingerprint density at radius 2 is 1.89 bits per heavy atom. The molecule has 2 aromatic rings. The smallest absolute Gasteiger partial charge is 0.254 e. The molecule has 2 aromatic carbocycles. The number of hydrogen-bond donors (Lipinski definition) is 2. The first kappa shape index (κ1) is 21.7. The summed E-state index contributed by atoms with van der Waals surface area (Å²) in [6, 6.07) is 15.1. The largest absolute Gasteiger partial charge is 0.496 e. The number of benzene rings is 2. The third-order valence-electron chi connectivity index (χ3n) is 4.74. The Morgan fingerprint density at radius 3 is 2.57 bits per heavy atom. The molecule has 1 atom stereocenters. The maximum absolute atomic E-state index is 13.1. The van der Waals surface area contributed by atoms with Crippen LogP contribution in [0.15, 0.2) is 48.5 Å². The monoisotopic (exact) mass is 403 g/mol. The van der Waals surface area contributed by atoms with E-state index in [1.54, 1.807) is 7.11 Å². The number of carbonyl (C=O) groups is 2. The van der Waals surface area contributed by atoms with E-state index in [-0.39, 0.29) is 30.3 Å². The Hall–Kier alpha value is -2.57. The molecular weight excluding hydrogens is 378 g/mol. The quantitative estimate of drug-likeness (QED) is 0.804. The van der Waals surface area contributed by atoms with Gasteiger partial charge in [-0.1, -0.05) is 30.3 Å². The summed E-state index contributed by atoms with van der Waals surface area (Å²) in [6.45, 7) is 4.03. The molecule has 1 aliphatic heterocycles. The molecule has 1 fully saturated rings. The van der Waals surface area contributed by atoms with Gasteiger partial charge in [0.2, 0.25) is 5.91 Å². The minimum Gasteiger partial charge on any atom is -0.496 e. The van der Waals surface area contributed by atoms with Crippen LogP contribution in [0.1, 0.15) is 34.5 Å². The van der Waals surface area contributed by atoms with E-state index in [1.165, 1.54) is 6.92 Å². The summed E-state index contributed by atoms with van der Waals surface area (Å²) in [5.41, 5.74) is 2.61. The second kappa shape index (κ2) is 10.1. The van der Waals surface area contributed by atoms with Crippen LogP contribution in [0.2, 0.25) is 0 Å². The van der Waals surface area contributed by atoms with E-state index < -0.39 is 0 Å². The van der Waals surface area contributed by atoms with Crippen LogP contribution in [0.3, 0.4) is 0 Å². The van der Waals surface area contributed by atoms with Gasteiger partial charge in [0.1, 0.15) is 5.75 Å². The van der Waals surface area contributed by atoms with Crippen molar-refractivity contribution in [1.29, 1.82) is 0 Å². The number of carbonyl (C=O) groups excluding carboxylic acids is 2. The molecule has 1 heterocycles. The topological polar surface area (TPSA) is 70.7 Å². The predicted molar refractivity (Wildman–Crippen MR) is 111 cm³/mol.